The van der Waals surface area contributed by atoms with Gasteiger partial charge in [0, 0.05) is 47.5 Å². The van der Waals surface area contributed by atoms with Crippen LogP contribution in [0.1, 0.15) is 65.5 Å². The number of allylic oxidation sites excluding steroid dienone is 4. The van der Waals surface area contributed by atoms with Crippen LogP contribution in [-0.2, 0) is 10.8 Å². The van der Waals surface area contributed by atoms with Gasteiger partial charge in [-0.15, -0.1) is 0 Å². The molecular weight excluding hydrogens is 472 g/mol. The number of benzene rings is 4. The summed E-state index contributed by atoms with van der Waals surface area (Å²) in [5.41, 5.74) is 8.24. The van der Waals surface area contributed by atoms with Crippen LogP contribution in [0.25, 0.3) is 21.5 Å². The van der Waals surface area contributed by atoms with Gasteiger partial charge in [-0.3, -0.25) is 0 Å². The third-order valence-corrected chi connectivity index (χ3v) is 8.91. The molecule has 0 aromatic heterocycles. The topological polar surface area (TPSA) is 6.25 Å². The van der Waals surface area contributed by atoms with E-state index in [0.29, 0.717) is 0 Å². The molecular formula is C37H41N2+. The molecule has 0 bridgehead atoms. The molecule has 198 valence electrons. The van der Waals surface area contributed by atoms with Crippen LogP contribution in [0.2, 0.25) is 0 Å². The molecule has 0 saturated heterocycles. The average molecular weight is 514 g/mol. The van der Waals surface area contributed by atoms with E-state index >= 15 is 0 Å². The molecule has 2 nitrogen and oxygen atoms in total. The monoisotopic (exact) mass is 513 g/mol. The highest BCUT2D eigenvalue weighted by Crippen LogP contribution is 2.51. The number of nitrogens with zero attached hydrogens (tertiary/aromatic N) is 2. The summed E-state index contributed by atoms with van der Waals surface area (Å²) in [5.74, 6) is 0. The minimum atomic E-state index is -0.0756. The van der Waals surface area contributed by atoms with Gasteiger partial charge in [-0.25, -0.2) is 0 Å². The Morgan fingerprint density at radius 2 is 1.36 bits per heavy atom. The molecule has 0 spiro atoms. The molecule has 0 aliphatic carbocycles. The Morgan fingerprint density at radius 3 is 2.03 bits per heavy atom. The molecule has 0 atom stereocenters. The van der Waals surface area contributed by atoms with Gasteiger partial charge in [0.2, 0.25) is 5.69 Å². The first-order valence-corrected chi connectivity index (χ1v) is 14.7. The van der Waals surface area contributed by atoms with Crippen LogP contribution in [0.3, 0.4) is 0 Å². The second-order valence-corrected chi connectivity index (χ2v) is 12.2. The Hall–Kier alpha value is -3.65. The number of fused-ring (bicyclic) bond motifs is 6. The third kappa shape index (κ3) is 3.87. The van der Waals surface area contributed by atoms with Gasteiger partial charge in [0.05, 0.1) is 5.41 Å². The Balaban J connectivity index is 1.46. The quantitative estimate of drug-likeness (QED) is 0.233. The maximum Gasteiger partial charge on any atom is 0.210 e. The Labute approximate surface area is 234 Å². The molecule has 4 aromatic carbocycles. The van der Waals surface area contributed by atoms with Gasteiger partial charge in [-0.05, 0) is 65.6 Å². The Bertz CT molecular complexity index is 1680. The summed E-state index contributed by atoms with van der Waals surface area (Å²) in [6.45, 7) is 16.2. The van der Waals surface area contributed by atoms with E-state index in [-0.39, 0.29) is 10.8 Å². The molecule has 2 heteroatoms. The minimum Gasteiger partial charge on any atom is -0.344 e. The molecule has 2 aliphatic rings. The van der Waals surface area contributed by atoms with Crippen molar-refractivity contribution in [3.63, 3.8) is 0 Å². The van der Waals surface area contributed by atoms with Gasteiger partial charge in [0.1, 0.15) is 6.54 Å². The normalized spacial score (nSPS) is 18.6. The van der Waals surface area contributed by atoms with E-state index in [4.69, 9.17) is 0 Å². The zero-order valence-electron chi connectivity index (χ0n) is 24.4. The second kappa shape index (κ2) is 9.52. The predicted octanol–water partition coefficient (Wildman–Crippen LogP) is 9.43. The van der Waals surface area contributed by atoms with Crippen molar-refractivity contribution in [2.75, 3.05) is 18.0 Å². The van der Waals surface area contributed by atoms with Crippen molar-refractivity contribution in [3.8, 4) is 0 Å². The highest BCUT2D eigenvalue weighted by molar-refractivity contribution is 6.07. The van der Waals surface area contributed by atoms with Crippen LogP contribution < -0.4 is 4.90 Å². The Morgan fingerprint density at radius 1 is 0.718 bits per heavy atom. The van der Waals surface area contributed by atoms with E-state index in [9.17, 15) is 0 Å². The zero-order chi connectivity index (χ0) is 27.4. The lowest BCUT2D eigenvalue weighted by Crippen LogP contribution is -2.28. The average Bonchev–Trinajstić information content (AvgIpc) is 3.28. The first-order chi connectivity index (χ1) is 18.8. The van der Waals surface area contributed by atoms with E-state index in [0.717, 1.165) is 25.9 Å². The summed E-state index contributed by atoms with van der Waals surface area (Å²) >= 11 is 0. The van der Waals surface area contributed by atoms with Crippen LogP contribution >= 0.6 is 0 Å². The van der Waals surface area contributed by atoms with E-state index in [1.807, 2.05) is 0 Å². The van der Waals surface area contributed by atoms with Gasteiger partial charge in [0.25, 0.3) is 0 Å². The van der Waals surface area contributed by atoms with Crippen molar-refractivity contribution in [2.45, 2.75) is 65.2 Å². The lowest BCUT2D eigenvalue weighted by Gasteiger charge is -2.26. The van der Waals surface area contributed by atoms with Gasteiger partial charge < -0.3 is 4.90 Å². The van der Waals surface area contributed by atoms with E-state index in [1.165, 1.54) is 55.5 Å². The number of rotatable bonds is 6. The summed E-state index contributed by atoms with van der Waals surface area (Å²) in [6, 6.07) is 26.9. The summed E-state index contributed by atoms with van der Waals surface area (Å²) in [7, 11) is 0. The molecule has 0 unspecified atom stereocenters. The molecule has 0 N–H and O–H groups in total. The molecule has 2 aliphatic heterocycles. The van der Waals surface area contributed by atoms with Crippen molar-refractivity contribution in [1.82, 2.24) is 0 Å². The smallest absolute Gasteiger partial charge is 0.210 e. The minimum absolute atomic E-state index is 0.0756. The maximum absolute atomic E-state index is 2.56. The van der Waals surface area contributed by atoms with Gasteiger partial charge in [-0.1, -0.05) is 88.4 Å². The highest BCUT2D eigenvalue weighted by Gasteiger charge is 2.45. The van der Waals surface area contributed by atoms with Crippen molar-refractivity contribution in [1.29, 1.82) is 0 Å². The lowest BCUT2D eigenvalue weighted by atomic mass is 9.79. The van der Waals surface area contributed by atoms with Crippen molar-refractivity contribution in [2.24, 2.45) is 0 Å². The fourth-order valence-corrected chi connectivity index (χ4v) is 7.23. The molecule has 0 saturated carbocycles. The van der Waals surface area contributed by atoms with Crippen LogP contribution in [0.4, 0.5) is 11.4 Å². The summed E-state index contributed by atoms with van der Waals surface area (Å²) in [4.78, 5) is 2.56. The molecule has 39 heavy (non-hydrogen) atoms. The van der Waals surface area contributed by atoms with Gasteiger partial charge in [-0.2, -0.15) is 4.58 Å². The zero-order valence-corrected chi connectivity index (χ0v) is 24.4. The van der Waals surface area contributed by atoms with Crippen LogP contribution in [-0.4, -0.2) is 23.4 Å². The molecule has 0 amide bonds. The molecule has 6 rings (SSSR count). The van der Waals surface area contributed by atoms with E-state index in [2.05, 4.69) is 142 Å². The van der Waals surface area contributed by atoms with Crippen molar-refractivity contribution >= 4 is 38.6 Å². The largest absolute Gasteiger partial charge is 0.344 e. The summed E-state index contributed by atoms with van der Waals surface area (Å²) in [5, 5.41) is 5.38. The number of hydrogen-bond acceptors (Lipinski definition) is 1. The first kappa shape index (κ1) is 25.6. The Kier molecular flexibility index (Phi) is 6.25. The van der Waals surface area contributed by atoms with E-state index < -0.39 is 0 Å². The van der Waals surface area contributed by atoms with Gasteiger partial charge in [0.15, 0.2) is 5.71 Å². The van der Waals surface area contributed by atoms with Gasteiger partial charge >= 0.3 is 0 Å². The number of anilines is 1. The fraction of sp³-hybridized carbons (Fsp3) is 0.324. The standard InChI is InChI=1S/C37H41N2/c1-7-24-38-30-22-20-26-14-9-11-16-28(26)34(30)36(3,4)32(38)18-13-19-33-37(5,6)35-29-17-12-10-15-27(29)21-23-31(35)39(33)25-8-2/h9-23H,7-8,24-25H2,1-6H3/q+1. The number of hydrogen-bond donors (Lipinski definition) is 0. The maximum atomic E-state index is 2.56. The molecule has 0 radical (unpaired) electrons. The van der Waals surface area contributed by atoms with Crippen molar-refractivity contribution < 1.29 is 4.58 Å². The van der Waals surface area contributed by atoms with Crippen LogP contribution in [0.15, 0.2) is 96.7 Å². The lowest BCUT2D eigenvalue weighted by molar-refractivity contribution is -0.437. The highest BCUT2D eigenvalue weighted by atomic mass is 15.2. The molecule has 4 aromatic rings. The summed E-state index contributed by atoms with van der Waals surface area (Å²) in [6.07, 6.45) is 9.32. The fourth-order valence-electron chi connectivity index (χ4n) is 7.23. The predicted molar refractivity (Wildman–Crippen MR) is 169 cm³/mol. The van der Waals surface area contributed by atoms with Crippen molar-refractivity contribution in [3.05, 3.63) is 108 Å². The third-order valence-electron chi connectivity index (χ3n) is 8.91. The van der Waals surface area contributed by atoms with E-state index in [1.54, 1.807) is 0 Å². The molecule has 2 heterocycles. The summed E-state index contributed by atoms with van der Waals surface area (Å²) < 4.78 is 2.56. The second-order valence-electron chi connectivity index (χ2n) is 12.2. The van der Waals surface area contributed by atoms with Crippen LogP contribution in [0.5, 0.6) is 0 Å². The molecule has 0 fully saturated rings. The van der Waals surface area contributed by atoms with Crippen LogP contribution in [0, 0.1) is 0 Å². The SMILES string of the molecule is CCCN1/C(=C/C=C/C2=[N+](CCC)c3ccc4ccccc4c3C2(C)C)C(C)(C)c2c1ccc1ccccc21. The first-order valence-electron chi connectivity index (χ1n) is 14.7.